The molecule has 28 heavy (non-hydrogen) atoms. The molecule has 0 saturated heterocycles. The topological polar surface area (TPSA) is 63.2 Å². The summed E-state index contributed by atoms with van der Waals surface area (Å²) in [5.74, 6) is 1.35. The first-order chi connectivity index (χ1) is 13.4. The van der Waals surface area contributed by atoms with Crippen LogP contribution in [0.2, 0.25) is 0 Å². The molecule has 144 valence electrons. The maximum Gasteiger partial charge on any atom is 0.243 e. The molecule has 0 fully saturated rings. The molecule has 0 aliphatic rings. The number of carbonyl (C=O) groups is 1. The Morgan fingerprint density at radius 3 is 2.04 bits per heavy atom. The van der Waals surface area contributed by atoms with Gasteiger partial charge in [0.15, 0.2) is 0 Å². The Labute approximate surface area is 165 Å². The predicted molar refractivity (Wildman–Crippen MR) is 113 cm³/mol. The van der Waals surface area contributed by atoms with Crippen LogP contribution in [0.25, 0.3) is 0 Å². The molecule has 2 aromatic carbocycles. The fraction of sp³-hybridized carbons (Fsp3) is 0.217. The van der Waals surface area contributed by atoms with E-state index in [0.717, 1.165) is 22.9 Å². The van der Waals surface area contributed by atoms with Gasteiger partial charge in [-0.25, -0.2) is 0 Å². The third kappa shape index (κ3) is 5.58. The molecule has 0 bridgehead atoms. The molecule has 5 heteroatoms. The minimum atomic E-state index is -0.0966. The van der Waals surface area contributed by atoms with Crippen molar-refractivity contribution in [1.29, 1.82) is 0 Å². The van der Waals surface area contributed by atoms with E-state index in [1.165, 1.54) is 5.56 Å². The van der Waals surface area contributed by atoms with Crippen molar-refractivity contribution in [3.8, 4) is 11.5 Å². The summed E-state index contributed by atoms with van der Waals surface area (Å²) in [7, 11) is 0. The summed E-state index contributed by atoms with van der Waals surface area (Å²) in [6.07, 6.45) is 3.36. The third-order valence-electron chi connectivity index (χ3n) is 4.23. The number of pyridine rings is 1. The number of anilines is 2. The molecule has 0 aliphatic carbocycles. The second-order valence-electron chi connectivity index (χ2n) is 7.54. The molecule has 0 aliphatic heterocycles. The average Bonchev–Trinajstić information content (AvgIpc) is 2.68. The molecular formula is C23H25N3O2. The van der Waals surface area contributed by atoms with Crippen molar-refractivity contribution in [1.82, 2.24) is 4.98 Å². The number of carbonyl (C=O) groups excluding carboxylic acids is 1. The first kappa shape index (κ1) is 19.4. The van der Waals surface area contributed by atoms with Gasteiger partial charge in [-0.05, 0) is 59.5 Å². The van der Waals surface area contributed by atoms with E-state index >= 15 is 0 Å². The monoisotopic (exact) mass is 375 g/mol. The van der Waals surface area contributed by atoms with Gasteiger partial charge in [-0.1, -0.05) is 32.9 Å². The van der Waals surface area contributed by atoms with E-state index in [-0.39, 0.29) is 17.9 Å². The Kier molecular flexibility index (Phi) is 5.94. The minimum absolute atomic E-state index is 0.0946. The molecule has 0 atom stereocenters. The number of nitrogens with zero attached hydrogens (tertiary/aromatic N) is 1. The number of benzene rings is 2. The van der Waals surface area contributed by atoms with E-state index in [0.29, 0.717) is 0 Å². The highest BCUT2D eigenvalue weighted by molar-refractivity contribution is 5.93. The Bertz CT molecular complexity index is 899. The summed E-state index contributed by atoms with van der Waals surface area (Å²) in [6.45, 7) is 6.68. The Balaban J connectivity index is 1.49. The van der Waals surface area contributed by atoms with Crippen LogP contribution < -0.4 is 15.4 Å². The second kappa shape index (κ2) is 8.57. The Morgan fingerprint density at radius 1 is 0.857 bits per heavy atom. The fourth-order valence-corrected chi connectivity index (χ4v) is 2.62. The second-order valence-corrected chi connectivity index (χ2v) is 7.54. The van der Waals surface area contributed by atoms with Crippen molar-refractivity contribution in [2.24, 2.45) is 0 Å². The molecular weight excluding hydrogens is 350 g/mol. The summed E-state index contributed by atoms with van der Waals surface area (Å²) < 4.78 is 5.72. The minimum Gasteiger partial charge on any atom is -0.457 e. The fourth-order valence-electron chi connectivity index (χ4n) is 2.62. The molecule has 3 aromatic rings. The quantitative estimate of drug-likeness (QED) is 0.620. The smallest absolute Gasteiger partial charge is 0.243 e. The molecule has 1 aromatic heterocycles. The lowest BCUT2D eigenvalue weighted by Crippen LogP contribution is -2.21. The van der Waals surface area contributed by atoms with Gasteiger partial charge in [0.1, 0.15) is 11.5 Å². The van der Waals surface area contributed by atoms with Gasteiger partial charge < -0.3 is 15.4 Å². The average molecular weight is 375 g/mol. The molecule has 0 radical (unpaired) electrons. The molecule has 0 spiro atoms. The third-order valence-corrected chi connectivity index (χ3v) is 4.23. The highest BCUT2D eigenvalue weighted by Gasteiger charge is 2.13. The number of aromatic nitrogens is 1. The molecule has 3 rings (SSSR count). The van der Waals surface area contributed by atoms with Crippen molar-refractivity contribution in [2.75, 3.05) is 17.2 Å². The predicted octanol–water partition coefficient (Wildman–Crippen LogP) is 5.22. The van der Waals surface area contributed by atoms with Crippen LogP contribution in [-0.2, 0) is 10.2 Å². The number of hydrogen-bond donors (Lipinski definition) is 2. The number of nitrogens with one attached hydrogen (secondary N) is 2. The van der Waals surface area contributed by atoms with Crippen LogP contribution in [0.15, 0.2) is 73.1 Å². The molecule has 0 saturated carbocycles. The molecule has 5 nitrogen and oxygen atoms in total. The van der Waals surface area contributed by atoms with Crippen LogP contribution in [-0.4, -0.2) is 17.4 Å². The standard InChI is InChI=1S/C23H25N3O2/c1-23(2,3)17-4-6-19(7-5-17)26-22(27)16-25-18-8-10-20(11-9-18)28-21-12-14-24-15-13-21/h4-15,25H,16H2,1-3H3,(H,26,27). The molecule has 2 N–H and O–H groups in total. The molecule has 1 heterocycles. The van der Waals surface area contributed by atoms with Gasteiger partial charge in [-0.2, -0.15) is 0 Å². The van der Waals surface area contributed by atoms with Gasteiger partial charge in [0.2, 0.25) is 5.91 Å². The first-order valence-corrected chi connectivity index (χ1v) is 9.22. The summed E-state index contributed by atoms with van der Waals surface area (Å²) in [5, 5.41) is 6.02. The van der Waals surface area contributed by atoms with E-state index in [4.69, 9.17) is 4.74 Å². The zero-order chi connectivity index (χ0) is 20.0. The first-order valence-electron chi connectivity index (χ1n) is 9.22. The highest BCUT2D eigenvalue weighted by Crippen LogP contribution is 2.24. The van der Waals surface area contributed by atoms with Crippen LogP contribution in [0.3, 0.4) is 0 Å². The summed E-state index contributed by atoms with van der Waals surface area (Å²) >= 11 is 0. The molecule has 1 amide bonds. The van der Waals surface area contributed by atoms with Gasteiger partial charge in [0, 0.05) is 23.8 Å². The van der Waals surface area contributed by atoms with Crippen molar-refractivity contribution < 1.29 is 9.53 Å². The lowest BCUT2D eigenvalue weighted by Gasteiger charge is -2.19. The van der Waals surface area contributed by atoms with Crippen LogP contribution in [0, 0.1) is 0 Å². The van der Waals surface area contributed by atoms with Gasteiger partial charge in [-0.3, -0.25) is 9.78 Å². The van der Waals surface area contributed by atoms with Crippen molar-refractivity contribution >= 4 is 17.3 Å². The SMILES string of the molecule is CC(C)(C)c1ccc(NC(=O)CNc2ccc(Oc3ccncc3)cc2)cc1. The maximum atomic E-state index is 12.2. The maximum absolute atomic E-state index is 12.2. The van der Waals surface area contributed by atoms with E-state index in [9.17, 15) is 4.79 Å². The van der Waals surface area contributed by atoms with E-state index < -0.39 is 0 Å². The van der Waals surface area contributed by atoms with E-state index in [1.54, 1.807) is 24.5 Å². The number of amides is 1. The number of rotatable bonds is 6. The lowest BCUT2D eigenvalue weighted by atomic mass is 9.87. The Morgan fingerprint density at radius 2 is 1.43 bits per heavy atom. The Hall–Kier alpha value is -3.34. The normalized spacial score (nSPS) is 11.0. The van der Waals surface area contributed by atoms with E-state index in [2.05, 4.69) is 36.4 Å². The van der Waals surface area contributed by atoms with Gasteiger partial charge >= 0.3 is 0 Å². The zero-order valence-electron chi connectivity index (χ0n) is 16.4. The molecule has 0 unspecified atom stereocenters. The lowest BCUT2D eigenvalue weighted by molar-refractivity contribution is -0.114. The highest BCUT2D eigenvalue weighted by atomic mass is 16.5. The number of hydrogen-bond acceptors (Lipinski definition) is 4. The van der Waals surface area contributed by atoms with Crippen LogP contribution in [0.1, 0.15) is 26.3 Å². The van der Waals surface area contributed by atoms with Gasteiger partial charge in [0.25, 0.3) is 0 Å². The zero-order valence-corrected chi connectivity index (χ0v) is 16.4. The summed E-state index contributed by atoms with van der Waals surface area (Å²) in [5.41, 5.74) is 2.97. The number of ether oxygens (including phenoxy) is 1. The van der Waals surface area contributed by atoms with Crippen LogP contribution in [0.4, 0.5) is 11.4 Å². The van der Waals surface area contributed by atoms with Crippen molar-refractivity contribution in [3.05, 3.63) is 78.6 Å². The van der Waals surface area contributed by atoms with Crippen LogP contribution in [0.5, 0.6) is 11.5 Å². The van der Waals surface area contributed by atoms with Crippen LogP contribution >= 0.6 is 0 Å². The van der Waals surface area contributed by atoms with Crippen molar-refractivity contribution in [3.63, 3.8) is 0 Å². The van der Waals surface area contributed by atoms with Gasteiger partial charge in [-0.15, -0.1) is 0 Å². The van der Waals surface area contributed by atoms with Crippen molar-refractivity contribution in [2.45, 2.75) is 26.2 Å². The van der Waals surface area contributed by atoms with Gasteiger partial charge in [0.05, 0.1) is 6.54 Å². The largest absolute Gasteiger partial charge is 0.457 e. The van der Waals surface area contributed by atoms with E-state index in [1.807, 2.05) is 48.5 Å². The summed E-state index contributed by atoms with van der Waals surface area (Å²) in [4.78, 5) is 16.1. The summed E-state index contributed by atoms with van der Waals surface area (Å²) in [6, 6.07) is 19.0.